The van der Waals surface area contributed by atoms with Gasteiger partial charge in [0.15, 0.2) is 5.69 Å². The van der Waals surface area contributed by atoms with Gasteiger partial charge in [0.2, 0.25) is 0 Å². The van der Waals surface area contributed by atoms with E-state index >= 15 is 0 Å². The van der Waals surface area contributed by atoms with Crippen LogP contribution in [0.3, 0.4) is 0 Å². The van der Waals surface area contributed by atoms with Crippen LogP contribution in [0.1, 0.15) is 37.8 Å². The van der Waals surface area contributed by atoms with E-state index in [2.05, 4.69) is 30.8 Å². The standard InChI is InChI=1S/C26H21F3N6O2/c1-14-4-5-19(34-25(37)23-11-18(13-32-35-23)26(27,28)29)12-20(14)17-8-15(2)33-21(10-17)16-6-7-31-22(9-16)24(36)30-3/h4-13H,1-3H3,(H,30,36)(H,34,37). The lowest BCUT2D eigenvalue weighted by Crippen LogP contribution is -2.19. The van der Waals surface area contributed by atoms with E-state index in [1.54, 1.807) is 30.3 Å². The van der Waals surface area contributed by atoms with Crippen LogP contribution in [0.4, 0.5) is 18.9 Å². The average Bonchev–Trinajstić information content (AvgIpc) is 2.88. The lowest BCUT2D eigenvalue weighted by atomic mass is 9.98. The molecule has 0 aliphatic rings. The number of aromatic nitrogens is 4. The fourth-order valence-corrected chi connectivity index (χ4v) is 3.65. The maximum Gasteiger partial charge on any atom is 0.418 e. The Bertz CT molecular complexity index is 1500. The highest BCUT2D eigenvalue weighted by Crippen LogP contribution is 2.31. The van der Waals surface area contributed by atoms with Crippen molar-refractivity contribution in [3.63, 3.8) is 0 Å². The lowest BCUT2D eigenvalue weighted by Gasteiger charge is -2.13. The van der Waals surface area contributed by atoms with Crippen molar-refractivity contribution in [1.29, 1.82) is 0 Å². The Balaban J connectivity index is 1.67. The number of halogens is 3. The predicted octanol–water partition coefficient (Wildman–Crippen LogP) is 4.85. The molecule has 0 aliphatic heterocycles. The molecule has 0 spiro atoms. The average molecular weight is 506 g/mol. The van der Waals surface area contributed by atoms with Gasteiger partial charge in [0, 0.05) is 30.2 Å². The predicted molar refractivity (Wildman–Crippen MR) is 131 cm³/mol. The van der Waals surface area contributed by atoms with E-state index in [0.29, 0.717) is 29.2 Å². The number of hydrogen-bond acceptors (Lipinski definition) is 6. The molecule has 3 heterocycles. The van der Waals surface area contributed by atoms with Crippen LogP contribution in [-0.2, 0) is 6.18 Å². The van der Waals surface area contributed by atoms with Crippen molar-refractivity contribution >= 4 is 17.5 Å². The molecule has 2 amide bonds. The summed E-state index contributed by atoms with van der Waals surface area (Å²) < 4.78 is 38.9. The molecule has 0 atom stereocenters. The third kappa shape index (κ3) is 5.77. The topological polar surface area (TPSA) is 110 Å². The second-order valence-electron chi connectivity index (χ2n) is 8.20. The zero-order valence-corrected chi connectivity index (χ0v) is 20.0. The van der Waals surface area contributed by atoms with Crippen LogP contribution in [0.5, 0.6) is 0 Å². The van der Waals surface area contributed by atoms with Crippen LogP contribution < -0.4 is 10.6 Å². The quantitative estimate of drug-likeness (QED) is 0.401. The van der Waals surface area contributed by atoms with Gasteiger partial charge in [-0.1, -0.05) is 6.07 Å². The number of anilines is 1. The van der Waals surface area contributed by atoms with Gasteiger partial charge in [0.05, 0.1) is 17.5 Å². The highest BCUT2D eigenvalue weighted by molar-refractivity contribution is 6.03. The summed E-state index contributed by atoms with van der Waals surface area (Å²) in [7, 11) is 1.52. The molecule has 11 heteroatoms. The summed E-state index contributed by atoms with van der Waals surface area (Å²) in [6.45, 7) is 3.73. The van der Waals surface area contributed by atoms with E-state index in [0.717, 1.165) is 22.4 Å². The summed E-state index contributed by atoms with van der Waals surface area (Å²) >= 11 is 0. The zero-order valence-electron chi connectivity index (χ0n) is 20.0. The van der Waals surface area contributed by atoms with Crippen LogP contribution in [0.2, 0.25) is 0 Å². The second-order valence-corrected chi connectivity index (χ2v) is 8.20. The molecule has 0 saturated heterocycles. The summed E-state index contributed by atoms with van der Waals surface area (Å²) in [4.78, 5) is 33.3. The molecule has 0 saturated carbocycles. The first kappa shape index (κ1) is 25.4. The van der Waals surface area contributed by atoms with Gasteiger partial charge in [-0.25, -0.2) is 0 Å². The highest BCUT2D eigenvalue weighted by Gasteiger charge is 2.32. The van der Waals surface area contributed by atoms with Crippen molar-refractivity contribution in [2.24, 2.45) is 0 Å². The van der Waals surface area contributed by atoms with Crippen molar-refractivity contribution in [2.75, 3.05) is 12.4 Å². The number of carbonyl (C=O) groups is 2. The first-order valence-corrected chi connectivity index (χ1v) is 11.0. The number of amides is 2. The molecule has 4 rings (SSSR count). The number of aryl methyl sites for hydroxylation is 2. The van der Waals surface area contributed by atoms with Gasteiger partial charge in [-0.05, 0) is 73.0 Å². The number of pyridine rings is 2. The third-order valence-corrected chi connectivity index (χ3v) is 5.49. The van der Waals surface area contributed by atoms with E-state index in [4.69, 9.17) is 0 Å². The molecular formula is C26H21F3N6O2. The van der Waals surface area contributed by atoms with Crippen molar-refractivity contribution in [1.82, 2.24) is 25.5 Å². The molecule has 0 unspecified atom stereocenters. The molecule has 4 aromatic rings. The summed E-state index contributed by atoms with van der Waals surface area (Å²) in [6, 6.07) is 12.9. The number of nitrogens with one attached hydrogen (secondary N) is 2. The van der Waals surface area contributed by atoms with E-state index in [9.17, 15) is 22.8 Å². The SMILES string of the molecule is CNC(=O)c1cc(-c2cc(-c3cc(NC(=O)c4cc(C(F)(F)F)cnn4)ccc3C)cc(C)n2)ccn1. The maximum absolute atomic E-state index is 13.0. The van der Waals surface area contributed by atoms with E-state index in [1.807, 2.05) is 26.0 Å². The van der Waals surface area contributed by atoms with Crippen LogP contribution in [0.15, 0.2) is 60.9 Å². The zero-order chi connectivity index (χ0) is 26.7. The van der Waals surface area contributed by atoms with Crippen LogP contribution in [-0.4, -0.2) is 39.0 Å². The minimum Gasteiger partial charge on any atom is -0.354 e. The van der Waals surface area contributed by atoms with Gasteiger partial charge in [0.25, 0.3) is 11.8 Å². The minimum absolute atomic E-state index is 0.253. The Morgan fingerprint density at radius 1 is 0.892 bits per heavy atom. The molecule has 0 aliphatic carbocycles. The Kier molecular flexibility index (Phi) is 6.96. The molecule has 3 aromatic heterocycles. The lowest BCUT2D eigenvalue weighted by molar-refractivity contribution is -0.137. The molecule has 1 aromatic carbocycles. The second kappa shape index (κ2) is 10.1. The number of carbonyl (C=O) groups excluding carboxylic acids is 2. The number of rotatable bonds is 5. The van der Waals surface area contributed by atoms with Crippen molar-refractivity contribution in [3.8, 4) is 22.4 Å². The Morgan fingerprint density at radius 2 is 1.68 bits per heavy atom. The number of nitrogens with zero attached hydrogens (tertiary/aromatic N) is 4. The summed E-state index contributed by atoms with van der Waals surface area (Å²) in [5.41, 5.74) is 3.62. The first-order chi connectivity index (χ1) is 17.5. The van der Waals surface area contributed by atoms with Gasteiger partial charge in [-0.2, -0.15) is 18.3 Å². The van der Waals surface area contributed by atoms with Gasteiger partial charge >= 0.3 is 6.18 Å². The summed E-state index contributed by atoms with van der Waals surface area (Å²) in [6.07, 6.45) is -2.55. The van der Waals surface area contributed by atoms with Crippen molar-refractivity contribution < 1.29 is 22.8 Å². The minimum atomic E-state index is -4.64. The number of alkyl halides is 3. The van der Waals surface area contributed by atoms with Gasteiger partial charge < -0.3 is 10.6 Å². The van der Waals surface area contributed by atoms with Crippen LogP contribution >= 0.6 is 0 Å². The number of hydrogen-bond donors (Lipinski definition) is 2. The van der Waals surface area contributed by atoms with Gasteiger partial charge in [-0.15, -0.1) is 5.10 Å². The van der Waals surface area contributed by atoms with Gasteiger partial charge in [0.1, 0.15) is 5.69 Å². The van der Waals surface area contributed by atoms with E-state index < -0.39 is 23.3 Å². The summed E-state index contributed by atoms with van der Waals surface area (Å²) in [5, 5.41) is 11.9. The largest absolute Gasteiger partial charge is 0.418 e. The van der Waals surface area contributed by atoms with E-state index in [-0.39, 0.29) is 11.6 Å². The van der Waals surface area contributed by atoms with Crippen LogP contribution in [0.25, 0.3) is 22.4 Å². The summed E-state index contributed by atoms with van der Waals surface area (Å²) in [5.74, 6) is -1.14. The molecule has 0 radical (unpaired) electrons. The molecule has 8 nitrogen and oxygen atoms in total. The molecule has 0 bridgehead atoms. The van der Waals surface area contributed by atoms with Gasteiger partial charge in [-0.3, -0.25) is 19.6 Å². The Hall–Kier alpha value is -4.67. The smallest absolute Gasteiger partial charge is 0.354 e. The fraction of sp³-hybridized carbons (Fsp3) is 0.154. The molecular weight excluding hydrogens is 485 g/mol. The first-order valence-electron chi connectivity index (χ1n) is 11.0. The van der Waals surface area contributed by atoms with Crippen molar-refractivity contribution in [2.45, 2.75) is 20.0 Å². The Morgan fingerprint density at radius 3 is 2.41 bits per heavy atom. The fourth-order valence-electron chi connectivity index (χ4n) is 3.65. The van der Waals surface area contributed by atoms with Crippen molar-refractivity contribution in [3.05, 3.63) is 89.1 Å². The molecule has 37 heavy (non-hydrogen) atoms. The van der Waals surface area contributed by atoms with Crippen LogP contribution in [0, 0.1) is 13.8 Å². The Labute approximate surface area is 210 Å². The third-order valence-electron chi connectivity index (χ3n) is 5.49. The molecule has 0 fully saturated rings. The normalized spacial score (nSPS) is 11.2. The molecule has 188 valence electrons. The molecule has 2 N–H and O–H groups in total. The highest BCUT2D eigenvalue weighted by atomic mass is 19.4. The monoisotopic (exact) mass is 506 g/mol. The number of benzene rings is 1. The van der Waals surface area contributed by atoms with E-state index in [1.165, 1.54) is 13.2 Å². The maximum atomic E-state index is 13.0.